The Balaban J connectivity index is 1.68. The molecule has 1 atom stereocenters. The lowest BCUT2D eigenvalue weighted by Gasteiger charge is -2.22. The number of aromatic nitrogens is 2. The van der Waals surface area contributed by atoms with Gasteiger partial charge in [-0.25, -0.2) is 9.78 Å². The monoisotopic (exact) mass is 326 g/mol. The van der Waals surface area contributed by atoms with E-state index in [1.54, 1.807) is 6.20 Å². The molecular weight excluding hydrogens is 300 g/mol. The number of nitrogens with zero attached hydrogens (tertiary/aromatic N) is 2. The molecule has 4 heteroatoms. The van der Waals surface area contributed by atoms with Gasteiger partial charge in [-0.15, -0.1) is 0 Å². The van der Waals surface area contributed by atoms with E-state index in [0.29, 0.717) is 5.56 Å². The molecule has 1 fully saturated rings. The second-order valence-corrected chi connectivity index (χ2v) is 6.60. The van der Waals surface area contributed by atoms with Gasteiger partial charge in [0.1, 0.15) is 6.10 Å². The van der Waals surface area contributed by atoms with Crippen molar-refractivity contribution in [2.24, 2.45) is 0 Å². The zero-order chi connectivity index (χ0) is 16.8. The molecule has 4 nitrogen and oxygen atoms in total. The van der Waals surface area contributed by atoms with Crippen LogP contribution in [-0.4, -0.2) is 21.6 Å². The molecule has 1 aliphatic carbocycles. The Labute approximate surface area is 143 Å². The Morgan fingerprint density at radius 1 is 1.25 bits per heavy atom. The number of carbonyl (C=O) groups excluding carboxylic acids is 1. The molecule has 0 N–H and O–H groups in total. The number of imidazole rings is 1. The summed E-state index contributed by atoms with van der Waals surface area (Å²) in [6.45, 7) is 2.18. The fourth-order valence-corrected chi connectivity index (χ4v) is 3.46. The molecular formula is C20H26N2O2. The zero-order valence-electron chi connectivity index (χ0n) is 14.4. The molecule has 0 saturated heterocycles. The summed E-state index contributed by atoms with van der Waals surface area (Å²) in [6.07, 6.45) is 13.5. The first kappa shape index (κ1) is 16.7. The van der Waals surface area contributed by atoms with Crippen molar-refractivity contribution < 1.29 is 9.53 Å². The molecule has 1 aliphatic rings. The van der Waals surface area contributed by atoms with Crippen molar-refractivity contribution >= 4 is 5.97 Å². The van der Waals surface area contributed by atoms with Crippen molar-refractivity contribution in [3.63, 3.8) is 0 Å². The van der Waals surface area contributed by atoms with Gasteiger partial charge < -0.3 is 9.30 Å². The summed E-state index contributed by atoms with van der Waals surface area (Å²) in [5, 5.41) is 0. The molecule has 0 amide bonds. The zero-order valence-corrected chi connectivity index (χ0v) is 14.4. The van der Waals surface area contributed by atoms with Crippen LogP contribution in [0.1, 0.15) is 73.8 Å². The summed E-state index contributed by atoms with van der Waals surface area (Å²) in [6, 6.07) is 8.12. The van der Waals surface area contributed by atoms with Crippen LogP contribution in [0.4, 0.5) is 0 Å². The van der Waals surface area contributed by atoms with Gasteiger partial charge in [-0.2, -0.15) is 0 Å². The minimum atomic E-state index is -0.192. The number of carbonyl (C=O) groups is 1. The smallest absolute Gasteiger partial charge is 0.338 e. The van der Waals surface area contributed by atoms with E-state index in [2.05, 4.69) is 16.5 Å². The summed E-state index contributed by atoms with van der Waals surface area (Å²) in [7, 11) is 0. The molecule has 128 valence electrons. The summed E-state index contributed by atoms with van der Waals surface area (Å²) < 4.78 is 7.77. The predicted octanol–water partition coefficient (Wildman–Crippen LogP) is 4.76. The average Bonchev–Trinajstić information content (AvgIpc) is 3.15. The van der Waals surface area contributed by atoms with Crippen LogP contribution in [-0.2, 0) is 4.74 Å². The van der Waals surface area contributed by atoms with Crippen molar-refractivity contribution in [3.8, 4) is 0 Å². The van der Waals surface area contributed by atoms with Gasteiger partial charge in [0.2, 0.25) is 0 Å². The lowest BCUT2D eigenvalue weighted by molar-refractivity contribution is 0.0211. The van der Waals surface area contributed by atoms with Crippen LogP contribution < -0.4 is 0 Å². The Kier molecular flexibility index (Phi) is 5.68. The van der Waals surface area contributed by atoms with E-state index in [4.69, 9.17) is 4.74 Å². The third-order valence-electron chi connectivity index (χ3n) is 4.80. The molecule has 24 heavy (non-hydrogen) atoms. The summed E-state index contributed by atoms with van der Waals surface area (Å²) >= 11 is 0. The number of hydrogen-bond acceptors (Lipinski definition) is 3. The van der Waals surface area contributed by atoms with E-state index in [0.717, 1.165) is 25.7 Å². The summed E-state index contributed by atoms with van der Waals surface area (Å²) in [5.74, 6) is -0.192. The van der Waals surface area contributed by atoms with Gasteiger partial charge in [-0.1, -0.05) is 31.9 Å². The van der Waals surface area contributed by atoms with Gasteiger partial charge in [0, 0.05) is 12.4 Å². The fourth-order valence-electron chi connectivity index (χ4n) is 3.46. The first-order valence-electron chi connectivity index (χ1n) is 9.06. The maximum absolute atomic E-state index is 12.3. The van der Waals surface area contributed by atoms with Gasteiger partial charge in [-0.3, -0.25) is 0 Å². The second-order valence-electron chi connectivity index (χ2n) is 6.60. The number of hydrogen-bond donors (Lipinski definition) is 0. The third-order valence-corrected chi connectivity index (χ3v) is 4.80. The quantitative estimate of drug-likeness (QED) is 0.719. The third kappa shape index (κ3) is 4.05. The summed E-state index contributed by atoms with van der Waals surface area (Å²) in [5.41, 5.74) is 1.84. The molecule has 0 bridgehead atoms. The van der Waals surface area contributed by atoms with Crippen molar-refractivity contribution in [2.75, 3.05) is 0 Å². The fraction of sp³-hybridized carbons (Fsp3) is 0.500. The molecule has 1 aromatic heterocycles. The Bertz CT molecular complexity index is 628. The molecule has 1 saturated carbocycles. The van der Waals surface area contributed by atoms with Gasteiger partial charge in [0.15, 0.2) is 0 Å². The normalized spacial score (nSPS) is 16.7. The molecule has 1 aromatic carbocycles. The lowest BCUT2D eigenvalue weighted by Crippen LogP contribution is -2.21. The molecule has 0 aliphatic heterocycles. The minimum Gasteiger partial charge on any atom is -0.459 e. The molecule has 1 heterocycles. The largest absolute Gasteiger partial charge is 0.459 e. The SMILES string of the molecule is CCCC(c1ccc(C(=O)OC2CCCCC2)cc1)n1ccnc1. The number of ether oxygens (including phenoxy) is 1. The highest BCUT2D eigenvalue weighted by molar-refractivity contribution is 5.89. The maximum Gasteiger partial charge on any atom is 0.338 e. The van der Waals surface area contributed by atoms with E-state index < -0.39 is 0 Å². The van der Waals surface area contributed by atoms with Gasteiger partial charge in [0.25, 0.3) is 0 Å². The van der Waals surface area contributed by atoms with E-state index in [9.17, 15) is 4.79 Å². The van der Waals surface area contributed by atoms with Crippen LogP contribution in [0.2, 0.25) is 0 Å². The van der Waals surface area contributed by atoms with Gasteiger partial charge in [-0.05, 0) is 49.8 Å². The minimum absolute atomic E-state index is 0.102. The predicted molar refractivity (Wildman–Crippen MR) is 94.0 cm³/mol. The molecule has 0 radical (unpaired) electrons. The van der Waals surface area contributed by atoms with Crippen LogP contribution in [0.25, 0.3) is 0 Å². The van der Waals surface area contributed by atoms with E-state index in [-0.39, 0.29) is 18.1 Å². The highest BCUT2D eigenvalue weighted by Crippen LogP contribution is 2.25. The molecule has 0 spiro atoms. The van der Waals surface area contributed by atoms with Crippen molar-refractivity contribution in [3.05, 3.63) is 54.1 Å². The lowest BCUT2D eigenvalue weighted by atomic mass is 9.97. The molecule has 3 rings (SSSR count). The van der Waals surface area contributed by atoms with Gasteiger partial charge in [0.05, 0.1) is 17.9 Å². The van der Waals surface area contributed by atoms with Crippen LogP contribution >= 0.6 is 0 Å². The highest BCUT2D eigenvalue weighted by Gasteiger charge is 2.19. The topological polar surface area (TPSA) is 44.1 Å². The molecule has 1 unspecified atom stereocenters. The van der Waals surface area contributed by atoms with Crippen LogP contribution in [0.5, 0.6) is 0 Å². The van der Waals surface area contributed by atoms with E-state index in [1.807, 2.05) is 36.8 Å². The number of rotatable bonds is 6. The first-order chi connectivity index (χ1) is 11.8. The standard InChI is InChI=1S/C20H26N2O2/c1-2-6-19(22-14-13-21-15-22)16-9-11-17(12-10-16)20(23)24-18-7-4-3-5-8-18/h9-15,18-19H,2-8H2,1H3. The van der Waals surface area contributed by atoms with Crippen LogP contribution in [0, 0.1) is 0 Å². The van der Waals surface area contributed by atoms with Crippen LogP contribution in [0.15, 0.2) is 43.0 Å². The number of esters is 1. The summed E-state index contributed by atoms with van der Waals surface area (Å²) in [4.78, 5) is 16.5. The van der Waals surface area contributed by atoms with E-state index in [1.165, 1.54) is 24.8 Å². The first-order valence-corrected chi connectivity index (χ1v) is 9.06. The van der Waals surface area contributed by atoms with Crippen molar-refractivity contribution in [1.29, 1.82) is 0 Å². The van der Waals surface area contributed by atoms with Crippen molar-refractivity contribution in [1.82, 2.24) is 9.55 Å². The maximum atomic E-state index is 12.3. The number of benzene rings is 1. The Hall–Kier alpha value is -2.10. The Morgan fingerprint density at radius 2 is 2.00 bits per heavy atom. The second kappa shape index (κ2) is 8.13. The highest BCUT2D eigenvalue weighted by atomic mass is 16.5. The van der Waals surface area contributed by atoms with Gasteiger partial charge >= 0.3 is 5.97 Å². The Morgan fingerprint density at radius 3 is 2.62 bits per heavy atom. The van der Waals surface area contributed by atoms with Crippen LogP contribution in [0.3, 0.4) is 0 Å². The molecule has 2 aromatic rings. The van der Waals surface area contributed by atoms with E-state index >= 15 is 0 Å². The average molecular weight is 326 g/mol. The van der Waals surface area contributed by atoms with Crippen molar-refractivity contribution in [2.45, 2.75) is 64.0 Å².